The summed E-state index contributed by atoms with van der Waals surface area (Å²) in [6, 6.07) is -4.39. The average Bonchev–Trinajstić information content (AvgIpc) is 2.68. The Kier molecular flexibility index (Phi) is 13.3. The van der Waals surface area contributed by atoms with Crippen molar-refractivity contribution in [1.29, 1.82) is 0 Å². The molecule has 0 aromatic rings. The lowest BCUT2D eigenvalue weighted by atomic mass is 9.96. The van der Waals surface area contributed by atoms with E-state index in [2.05, 4.69) is 16.0 Å². The highest BCUT2D eigenvalue weighted by molar-refractivity contribution is 5.96. The van der Waals surface area contributed by atoms with Crippen LogP contribution in [-0.4, -0.2) is 58.9 Å². The molecule has 11 nitrogen and oxygen atoms in total. The lowest BCUT2D eigenvalue weighted by Gasteiger charge is -2.28. The second-order valence-corrected chi connectivity index (χ2v) is 9.37. The first-order chi connectivity index (χ1) is 15.2. The zero-order valence-electron chi connectivity index (χ0n) is 20.5. The van der Waals surface area contributed by atoms with E-state index in [-0.39, 0.29) is 24.2 Å². The summed E-state index contributed by atoms with van der Waals surface area (Å²) in [6.07, 6.45) is 0.621. The minimum atomic E-state index is -1.32. The van der Waals surface area contributed by atoms with Crippen LogP contribution < -0.4 is 27.4 Å². The highest BCUT2D eigenvalue weighted by atomic mass is 16.4. The molecule has 11 heteroatoms. The molecule has 0 bridgehead atoms. The summed E-state index contributed by atoms with van der Waals surface area (Å²) < 4.78 is 0. The van der Waals surface area contributed by atoms with E-state index in [4.69, 9.17) is 11.5 Å². The first-order valence-electron chi connectivity index (χ1n) is 11.4. The fraction of sp³-hybridized carbons (Fsp3) is 0.773. The van der Waals surface area contributed by atoms with Gasteiger partial charge in [0.05, 0.1) is 12.5 Å². The zero-order valence-corrected chi connectivity index (χ0v) is 20.5. The summed E-state index contributed by atoms with van der Waals surface area (Å²) in [6.45, 7) is 11.0. The van der Waals surface area contributed by atoms with Crippen LogP contribution in [0.3, 0.4) is 0 Å². The number of aliphatic carboxylic acids is 1. The van der Waals surface area contributed by atoms with Gasteiger partial charge in [0.1, 0.15) is 18.1 Å². The fourth-order valence-electron chi connectivity index (χ4n) is 3.21. The molecule has 0 spiro atoms. The van der Waals surface area contributed by atoms with Gasteiger partial charge in [-0.1, -0.05) is 48.0 Å². The van der Waals surface area contributed by atoms with Crippen molar-refractivity contribution in [2.75, 3.05) is 0 Å². The van der Waals surface area contributed by atoms with E-state index in [1.165, 1.54) is 0 Å². The Balaban J connectivity index is 5.57. The maximum atomic E-state index is 12.9. The van der Waals surface area contributed by atoms with Gasteiger partial charge in [0.15, 0.2) is 0 Å². The molecule has 0 saturated heterocycles. The first-order valence-corrected chi connectivity index (χ1v) is 11.4. The van der Waals surface area contributed by atoms with E-state index in [9.17, 15) is 29.1 Å². The number of carboxylic acid groups (broad SMARTS) is 1. The molecule has 0 heterocycles. The number of carbonyl (C=O) groups excluding carboxylic acids is 4. The Bertz CT molecular complexity index is 697. The second-order valence-electron chi connectivity index (χ2n) is 9.37. The summed E-state index contributed by atoms with van der Waals surface area (Å²) in [5, 5.41) is 16.9. The first kappa shape index (κ1) is 30.3. The predicted octanol–water partition coefficient (Wildman–Crippen LogP) is -0.134. The number of amides is 4. The highest BCUT2D eigenvalue weighted by Gasteiger charge is 2.33. The lowest BCUT2D eigenvalue weighted by molar-refractivity contribution is -0.143. The Morgan fingerprint density at radius 1 is 0.788 bits per heavy atom. The molecule has 4 amide bonds. The van der Waals surface area contributed by atoms with Gasteiger partial charge >= 0.3 is 5.97 Å². The third-order valence-electron chi connectivity index (χ3n) is 5.22. The normalized spacial score (nSPS) is 15.8. The van der Waals surface area contributed by atoms with Crippen molar-refractivity contribution in [1.82, 2.24) is 16.0 Å². The summed E-state index contributed by atoms with van der Waals surface area (Å²) in [5.74, 6) is -4.24. The minimum absolute atomic E-state index is 0.0215. The number of carbonyl (C=O) groups is 5. The molecule has 0 rings (SSSR count). The van der Waals surface area contributed by atoms with Crippen LogP contribution in [0.2, 0.25) is 0 Å². The molecule has 0 aromatic carbocycles. The topological polar surface area (TPSA) is 194 Å². The summed E-state index contributed by atoms with van der Waals surface area (Å²) >= 11 is 0. The van der Waals surface area contributed by atoms with Crippen LogP contribution >= 0.6 is 0 Å². The van der Waals surface area contributed by atoms with Gasteiger partial charge in [-0.05, 0) is 30.6 Å². The van der Waals surface area contributed by atoms with E-state index < -0.39 is 60.2 Å². The van der Waals surface area contributed by atoms with E-state index in [0.29, 0.717) is 12.8 Å². The van der Waals surface area contributed by atoms with Gasteiger partial charge in [0.2, 0.25) is 23.6 Å². The molecule has 0 aliphatic heterocycles. The zero-order chi connectivity index (χ0) is 25.9. The predicted molar refractivity (Wildman–Crippen MR) is 124 cm³/mol. The van der Waals surface area contributed by atoms with Gasteiger partial charge in [0.25, 0.3) is 0 Å². The maximum Gasteiger partial charge on any atom is 0.326 e. The monoisotopic (exact) mass is 471 g/mol. The van der Waals surface area contributed by atoms with E-state index in [1.54, 1.807) is 6.92 Å². The van der Waals surface area contributed by atoms with E-state index >= 15 is 0 Å². The molecule has 0 radical (unpaired) electrons. The third-order valence-corrected chi connectivity index (χ3v) is 5.22. The maximum absolute atomic E-state index is 12.9. The molecule has 0 aliphatic carbocycles. The minimum Gasteiger partial charge on any atom is -0.480 e. The molecule has 8 N–H and O–H groups in total. The number of primary amides is 1. The molecule has 0 aliphatic rings. The van der Waals surface area contributed by atoms with Crippen molar-refractivity contribution in [3.63, 3.8) is 0 Å². The Labute approximate surface area is 195 Å². The molecule has 33 heavy (non-hydrogen) atoms. The molecule has 0 fully saturated rings. The highest BCUT2D eigenvalue weighted by Crippen LogP contribution is 2.12. The SMILES string of the molecule is CCC(C)C(NC(=O)C(CC(N)=O)NC(=O)C(N)CC(C)C)C(=O)NC(CC(C)C)C(=O)O. The van der Waals surface area contributed by atoms with E-state index in [0.717, 1.165) is 0 Å². The second kappa shape index (κ2) is 14.5. The number of carboxylic acids is 1. The molecule has 5 atom stereocenters. The van der Waals surface area contributed by atoms with Crippen LogP contribution in [0.15, 0.2) is 0 Å². The summed E-state index contributed by atoms with van der Waals surface area (Å²) in [5.41, 5.74) is 11.1. The molecular weight excluding hydrogens is 430 g/mol. The number of nitrogens with one attached hydrogen (secondary N) is 3. The largest absolute Gasteiger partial charge is 0.480 e. The van der Waals surface area contributed by atoms with Crippen LogP contribution in [0.5, 0.6) is 0 Å². The number of hydrogen-bond acceptors (Lipinski definition) is 6. The van der Waals surface area contributed by atoms with Crippen molar-refractivity contribution in [2.45, 2.75) is 91.4 Å². The van der Waals surface area contributed by atoms with Gasteiger partial charge in [0, 0.05) is 0 Å². The van der Waals surface area contributed by atoms with Gasteiger partial charge in [-0.25, -0.2) is 4.79 Å². The lowest BCUT2D eigenvalue weighted by Crippen LogP contribution is -2.59. The van der Waals surface area contributed by atoms with Crippen LogP contribution in [-0.2, 0) is 24.0 Å². The van der Waals surface area contributed by atoms with Crippen LogP contribution in [0, 0.1) is 17.8 Å². The van der Waals surface area contributed by atoms with Gasteiger partial charge in [-0.3, -0.25) is 19.2 Å². The van der Waals surface area contributed by atoms with Crippen LogP contribution in [0.1, 0.15) is 67.2 Å². The molecule has 0 aromatic heterocycles. The molecule has 5 unspecified atom stereocenters. The molecule has 190 valence electrons. The van der Waals surface area contributed by atoms with Crippen LogP contribution in [0.4, 0.5) is 0 Å². The quantitative estimate of drug-likeness (QED) is 0.191. The number of hydrogen-bond donors (Lipinski definition) is 6. The van der Waals surface area contributed by atoms with Crippen molar-refractivity contribution in [3.8, 4) is 0 Å². The molecular formula is C22H41N5O6. The standard InChI is InChI=1S/C22H41N5O6/c1-7-13(6)18(21(31)26-16(22(32)33)9-12(4)5)27-20(30)15(10-17(24)28)25-19(29)14(23)8-11(2)3/h11-16,18H,7-10,23H2,1-6H3,(H2,24,28)(H,25,29)(H,26,31)(H,27,30)(H,32,33). The summed E-state index contributed by atoms with van der Waals surface area (Å²) in [4.78, 5) is 61.2. The van der Waals surface area contributed by atoms with Gasteiger partial charge in [-0.2, -0.15) is 0 Å². The Hall–Kier alpha value is -2.69. The van der Waals surface area contributed by atoms with Gasteiger partial charge in [-0.15, -0.1) is 0 Å². The summed E-state index contributed by atoms with van der Waals surface area (Å²) in [7, 11) is 0. The number of rotatable bonds is 15. The fourth-order valence-corrected chi connectivity index (χ4v) is 3.21. The Morgan fingerprint density at radius 3 is 1.73 bits per heavy atom. The van der Waals surface area contributed by atoms with Crippen molar-refractivity contribution < 1.29 is 29.1 Å². The Morgan fingerprint density at radius 2 is 1.30 bits per heavy atom. The van der Waals surface area contributed by atoms with E-state index in [1.807, 2.05) is 34.6 Å². The molecule has 0 saturated carbocycles. The van der Waals surface area contributed by atoms with Crippen molar-refractivity contribution in [3.05, 3.63) is 0 Å². The van der Waals surface area contributed by atoms with Crippen molar-refractivity contribution >= 4 is 29.6 Å². The van der Waals surface area contributed by atoms with Crippen molar-refractivity contribution in [2.24, 2.45) is 29.2 Å². The average molecular weight is 472 g/mol. The smallest absolute Gasteiger partial charge is 0.326 e. The van der Waals surface area contributed by atoms with Crippen LogP contribution in [0.25, 0.3) is 0 Å². The van der Waals surface area contributed by atoms with Gasteiger partial charge < -0.3 is 32.5 Å². The third kappa shape index (κ3) is 11.7. The number of nitrogens with two attached hydrogens (primary N) is 2.